The third-order valence-corrected chi connectivity index (χ3v) is 4.66. The second-order valence-corrected chi connectivity index (χ2v) is 6.11. The van der Waals surface area contributed by atoms with Crippen LogP contribution in [0.25, 0.3) is 0 Å². The first-order valence-electron chi connectivity index (χ1n) is 7.32. The van der Waals surface area contributed by atoms with Crippen molar-refractivity contribution in [1.29, 1.82) is 0 Å². The Morgan fingerprint density at radius 2 is 1.95 bits per heavy atom. The van der Waals surface area contributed by atoms with Crippen molar-refractivity contribution in [3.8, 4) is 0 Å². The van der Waals surface area contributed by atoms with E-state index in [9.17, 15) is 4.79 Å². The van der Waals surface area contributed by atoms with Crippen LogP contribution in [0.2, 0.25) is 0 Å². The van der Waals surface area contributed by atoms with Crippen LogP contribution in [-0.4, -0.2) is 25.0 Å². The Balaban J connectivity index is 1.64. The maximum Gasteiger partial charge on any atom is 0.252 e. The van der Waals surface area contributed by atoms with Crippen molar-refractivity contribution in [2.24, 2.45) is 0 Å². The normalized spacial score (nSPS) is 17.1. The van der Waals surface area contributed by atoms with E-state index in [1.54, 1.807) is 11.3 Å². The highest BCUT2D eigenvalue weighted by atomic mass is 32.1. The Labute approximate surface area is 119 Å². The molecule has 2 rings (SSSR count). The van der Waals surface area contributed by atoms with Gasteiger partial charge in [-0.1, -0.05) is 25.7 Å². The van der Waals surface area contributed by atoms with Crippen LogP contribution in [-0.2, 0) is 0 Å². The van der Waals surface area contributed by atoms with Crippen LogP contribution in [0.5, 0.6) is 0 Å². The van der Waals surface area contributed by atoms with E-state index in [0.717, 1.165) is 17.7 Å². The molecule has 0 spiro atoms. The lowest BCUT2D eigenvalue weighted by Crippen LogP contribution is -2.36. The first-order chi connectivity index (χ1) is 9.27. The summed E-state index contributed by atoms with van der Waals surface area (Å²) in [5.74, 6) is 0.0569. The Kier molecular flexibility index (Phi) is 5.86. The minimum atomic E-state index is 0.0569. The fourth-order valence-corrected chi connectivity index (χ4v) is 3.45. The zero-order valence-corrected chi connectivity index (χ0v) is 12.5. The van der Waals surface area contributed by atoms with Gasteiger partial charge in [0.15, 0.2) is 0 Å². The lowest BCUT2D eigenvalue weighted by atomic mass is 10.1. The molecule has 4 heteroatoms. The van der Waals surface area contributed by atoms with Crippen molar-refractivity contribution in [1.82, 2.24) is 10.6 Å². The average Bonchev–Trinajstić information content (AvgIpc) is 2.68. The van der Waals surface area contributed by atoms with Crippen LogP contribution in [0.4, 0.5) is 0 Å². The summed E-state index contributed by atoms with van der Waals surface area (Å²) in [6, 6.07) is 0.655. The topological polar surface area (TPSA) is 41.1 Å². The van der Waals surface area contributed by atoms with Crippen molar-refractivity contribution < 1.29 is 4.79 Å². The van der Waals surface area contributed by atoms with Gasteiger partial charge < -0.3 is 10.6 Å². The zero-order valence-electron chi connectivity index (χ0n) is 11.7. The third kappa shape index (κ3) is 4.62. The molecule has 2 N–H and O–H groups in total. The third-order valence-electron chi connectivity index (χ3n) is 3.80. The number of rotatable bonds is 5. The fourth-order valence-electron chi connectivity index (χ4n) is 2.62. The zero-order chi connectivity index (χ0) is 13.5. The van der Waals surface area contributed by atoms with Gasteiger partial charge in [0.25, 0.3) is 5.91 Å². The van der Waals surface area contributed by atoms with E-state index in [-0.39, 0.29) is 5.91 Å². The van der Waals surface area contributed by atoms with E-state index >= 15 is 0 Å². The van der Waals surface area contributed by atoms with Gasteiger partial charge in [-0.15, -0.1) is 0 Å². The van der Waals surface area contributed by atoms with Crippen molar-refractivity contribution in [2.45, 2.75) is 51.5 Å². The van der Waals surface area contributed by atoms with E-state index < -0.39 is 0 Å². The van der Waals surface area contributed by atoms with Gasteiger partial charge in [0, 0.05) is 24.5 Å². The number of thiophene rings is 1. The molecule has 1 amide bonds. The summed E-state index contributed by atoms with van der Waals surface area (Å²) in [4.78, 5) is 11.9. The molecular weight excluding hydrogens is 256 g/mol. The monoisotopic (exact) mass is 280 g/mol. The highest BCUT2D eigenvalue weighted by Gasteiger charge is 2.12. The molecule has 0 aromatic carbocycles. The minimum absolute atomic E-state index is 0.0569. The van der Waals surface area contributed by atoms with Crippen molar-refractivity contribution in [2.75, 3.05) is 13.1 Å². The first kappa shape index (κ1) is 14.5. The number of hydrogen-bond acceptors (Lipinski definition) is 3. The summed E-state index contributed by atoms with van der Waals surface area (Å²) in [7, 11) is 0. The molecule has 1 aromatic rings. The maximum atomic E-state index is 11.9. The molecule has 1 fully saturated rings. The molecule has 3 nitrogen and oxygen atoms in total. The predicted molar refractivity (Wildman–Crippen MR) is 80.9 cm³/mol. The Morgan fingerprint density at radius 3 is 2.58 bits per heavy atom. The molecule has 0 unspecified atom stereocenters. The molecule has 0 radical (unpaired) electrons. The smallest absolute Gasteiger partial charge is 0.252 e. The summed E-state index contributed by atoms with van der Waals surface area (Å²) < 4.78 is 0. The largest absolute Gasteiger partial charge is 0.351 e. The second kappa shape index (κ2) is 7.65. The molecule has 0 atom stereocenters. The molecule has 19 heavy (non-hydrogen) atoms. The predicted octanol–water partition coefficient (Wildman–Crippen LogP) is 3.10. The van der Waals surface area contributed by atoms with Crippen LogP contribution in [0.1, 0.15) is 54.4 Å². The van der Waals surface area contributed by atoms with Crippen molar-refractivity contribution in [3.05, 3.63) is 21.9 Å². The maximum absolute atomic E-state index is 11.9. The lowest BCUT2D eigenvalue weighted by Gasteiger charge is -2.16. The highest BCUT2D eigenvalue weighted by Crippen LogP contribution is 2.17. The average molecular weight is 280 g/mol. The molecule has 0 aliphatic heterocycles. The molecule has 1 aromatic heterocycles. The number of hydrogen-bond donors (Lipinski definition) is 2. The van der Waals surface area contributed by atoms with Gasteiger partial charge in [0.1, 0.15) is 0 Å². The molecule has 0 bridgehead atoms. The van der Waals surface area contributed by atoms with Crippen LogP contribution in [0.3, 0.4) is 0 Å². The standard InChI is InChI=1S/C15H24N2OS/c1-12-10-19-11-14(12)15(18)17-9-8-16-13-6-4-2-3-5-7-13/h10-11,13,16H,2-9H2,1H3,(H,17,18). The van der Waals surface area contributed by atoms with E-state index in [1.165, 1.54) is 38.5 Å². The molecule has 1 heterocycles. The molecule has 1 saturated carbocycles. The summed E-state index contributed by atoms with van der Waals surface area (Å²) in [5, 5.41) is 10.5. The van der Waals surface area contributed by atoms with Gasteiger partial charge >= 0.3 is 0 Å². The van der Waals surface area contributed by atoms with Crippen LogP contribution in [0.15, 0.2) is 10.8 Å². The fraction of sp³-hybridized carbons (Fsp3) is 0.667. The van der Waals surface area contributed by atoms with Gasteiger partial charge in [0.2, 0.25) is 0 Å². The summed E-state index contributed by atoms with van der Waals surface area (Å²) >= 11 is 1.58. The second-order valence-electron chi connectivity index (χ2n) is 5.37. The van der Waals surface area contributed by atoms with Crippen LogP contribution < -0.4 is 10.6 Å². The summed E-state index contributed by atoms with van der Waals surface area (Å²) in [5.41, 5.74) is 1.89. The van der Waals surface area contributed by atoms with E-state index in [0.29, 0.717) is 12.6 Å². The van der Waals surface area contributed by atoms with Crippen molar-refractivity contribution >= 4 is 17.2 Å². The van der Waals surface area contributed by atoms with E-state index in [2.05, 4.69) is 10.6 Å². The van der Waals surface area contributed by atoms with E-state index in [1.807, 2.05) is 17.7 Å². The highest BCUT2D eigenvalue weighted by molar-refractivity contribution is 7.08. The Hall–Kier alpha value is -0.870. The number of aryl methyl sites for hydroxylation is 1. The summed E-state index contributed by atoms with van der Waals surface area (Å²) in [6.07, 6.45) is 8.03. The number of carbonyl (C=O) groups is 1. The van der Waals surface area contributed by atoms with Crippen LogP contribution in [0, 0.1) is 6.92 Å². The van der Waals surface area contributed by atoms with Crippen molar-refractivity contribution in [3.63, 3.8) is 0 Å². The van der Waals surface area contributed by atoms with Gasteiger partial charge in [-0.2, -0.15) is 11.3 Å². The quantitative estimate of drug-likeness (QED) is 0.643. The van der Waals surface area contributed by atoms with Gasteiger partial charge in [-0.25, -0.2) is 0 Å². The minimum Gasteiger partial charge on any atom is -0.351 e. The number of nitrogens with one attached hydrogen (secondary N) is 2. The van der Waals surface area contributed by atoms with Gasteiger partial charge in [0.05, 0.1) is 5.56 Å². The lowest BCUT2D eigenvalue weighted by molar-refractivity contribution is 0.0953. The summed E-state index contributed by atoms with van der Waals surface area (Å²) in [6.45, 7) is 3.57. The Bertz CT molecular complexity index is 395. The molecule has 1 aliphatic carbocycles. The number of carbonyl (C=O) groups excluding carboxylic acids is 1. The molecule has 106 valence electrons. The molecule has 1 aliphatic rings. The Morgan fingerprint density at radius 1 is 1.21 bits per heavy atom. The number of amides is 1. The molecular formula is C15H24N2OS. The van der Waals surface area contributed by atoms with Crippen LogP contribution >= 0.6 is 11.3 Å². The van der Waals surface area contributed by atoms with E-state index in [4.69, 9.17) is 0 Å². The SMILES string of the molecule is Cc1cscc1C(=O)NCCNC1CCCCCC1. The molecule has 0 saturated heterocycles. The van der Waals surface area contributed by atoms with Gasteiger partial charge in [-0.05, 0) is 30.7 Å². The van der Waals surface area contributed by atoms with Gasteiger partial charge in [-0.3, -0.25) is 4.79 Å². The first-order valence-corrected chi connectivity index (χ1v) is 8.26.